The molecule has 0 unspecified atom stereocenters. The van der Waals surface area contributed by atoms with Crippen molar-refractivity contribution in [1.82, 2.24) is 0 Å². The molecule has 16 heavy (non-hydrogen) atoms. The van der Waals surface area contributed by atoms with Crippen LogP contribution in [0.3, 0.4) is 0 Å². The molecule has 1 aliphatic carbocycles. The Kier molecular flexibility index (Phi) is 2.89. The van der Waals surface area contributed by atoms with E-state index in [0.717, 1.165) is 16.3 Å². The summed E-state index contributed by atoms with van der Waals surface area (Å²) in [5.74, 6) is 1.27. The molecule has 0 spiro atoms. The van der Waals surface area contributed by atoms with Crippen molar-refractivity contribution in [2.45, 2.75) is 32.7 Å². The van der Waals surface area contributed by atoms with Crippen molar-refractivity contribution < 1.29 is 4.74 Å². The highest BCUT2D eigenvalue weighted by molar-refractivity contribution is 6.30. The zero-order valence-electron chi connectivity index (χ0n) is 9.96. The van der Waals surface area contributed by atoms with E-state index in [0.29, 0.717) is 12.5 Å². The smallest absolute Gasteiger partial charge is 0.122 e. The number of nitrogens with two attached hydrogens (primary N) is 1. The summed E-state index contributed by atoms with van der Waals surface area (Å²) in [6.07, 6.45) is 0. The largest absolute Gasteiger partial charge is 0.494 e. The number of hydrogen-bond donors (Lipinski definition) is 1. The molecule has 1 aromatic carbocycles. The molecule has 0 heterocycles. The molecule has 3 heteroatoms. The lowest BCUT2D eigenvalue weighted by atomic mass is 10.0. The maximum absolute atomic E-state index is 6.09. The van der Waals surface area contributed by atoms with E-state index in [1.165, 1.54) is 0 Å². The van der Waals surface area contributed by atoms with Gasteiger partial charge >= 0.3 is 0 Å². The van der Waals surface area contributed by atoms with E-state index in [-0.39, 0.29) is 11.5 Å². The lowest BCUT2D eigenvalue weighted by Crippen LogP contribution is -2.06. The van der Waals surface area contributed by atoms with Crippen molar-refractivity contribution in [3.8, 4) is 5.75 Å². The lowest BCUT2D eigenvalue weighted by molar-refractivity contribution is 0.335. The third-order valence-electron chi connectivity index (χ3n) is 3.52. The Labute approximate surface area is 102 Å². The normalized spacial score (nSPS) is 26.6. The highest BCUT2D eigenvalue weighted by atomic mass is 35.5. The molecular formula is C13H18ClNO. The Hall–Kier alpha value is -0.730. The molecule has 2 N–H and O–H groups in total. The minimum Gasteiger partial charge on any atom is -0.494 e. The average Bonchev–Trinajstić information content (AvgIpc) is 2.70. The van der Waals surface area contributed by atoms with Gasteiger partial charge in [-0.2, -0.15) is 0 Å². The molecule has 0 amide bonds. The van der Waals surface area contributed by atoms with Crippen LogP contribution in [0.2, 0.25) is 5.02 Å². The van der Waals surface area contributed by atoms with Crippen molar-refractivity contribution in [3.63, 3.8) is 0 Å². The molecule has 1 aliphatic rings. The van der Waals surface area contributed by atoms with Crippen molar-refractivity contribution in [1.29, 1.82) is 0 Å². The van der Waals surface area contributed by atoms with Gasteiger partial charge in [0.1, 0.15) is 5.75 Å². The van der Waals surface area contributed by atoms with Crippen molar-refractivity contribution >= 4 is 11.6 Å². The van der Waals surface area contributed by atoms with Crippen LogP contribution in [0.15, 0.2) is 18.2 Å². The SMILES string of the molecule is CCOc1ccc(Cl)cc1[C@@H]1[C@@H](N)C1(C)C. The van der Waals surface area contributed by atoms with Crippen LogP contribution in [0.5, 0.6) is 5.75 Å². The number of benzene rings is 1. The first kappa shape index (κ1) is 11.7. The van der Waals surface area contributed by atoms with Gasteiger partial charge in [0, 0.05) is 22.5 Å². The van der Waals surface area contributed by atoms with Crippen molar-refractivity contribution in [2.75, 3.05) is 6.61 Å². The fourth-order valence-corrected chi connectivity index (χ4v) is 2.50. The van der Waals surface area contributed by atoms with E-state index in [4.69, 9.17) is 22.1 Å². The molecule has 0 radical (unpaired) electrons. The zero-order chi connectivity index (χ0) is 11.9. The summed E-state index contributed by atoms with van der Waals surface area (Å²) in [6, 6.07) is 5.97. The number of ether oxygens (including phenoxy) is 1. The Morgan fingerprint density at radius 2 is 2.06 bits per heavy atom. The molecule has 1 saturated carbocycles. The van der Waals surface area contributed by atoms with E-state index in [1.54, 1.807) is 0 Å². The molecule has 0 aliphatic heterocycles. The quantitative estimate of drug-likeness (QED) is 0.879. The second-order valence-corrected chi connectivity index (χ2v) is 5.38. The molecule has 2 atom stereocenters. The molecule has 0 saturated heterocycles. The van der Waals surface area contributed by atoms with Crippen LogP contribution in [0.4, 0.5) is 0 Å². The molecule has 0 bridgehead atoms. The van der Waals surface area contributed by atoms with Gasteiger partial charge in [-0.15, -0.1) is 0 Å². The molecule has 2 nitrogen and oxygen atoms in total. The van der Waals surface area contributed by atoms with Crippen LogP contribution < -0.4 is 10.5 Å². The first-order chi connectivity index (χ1) is 7.48. The zero-order valence-corrected chi connectivity index (χ0v) is 10.7. The van der Waals surface area contributed by atoms with Gasteiger partial charge in [-0.05, 0) is 30.5 Å². The minimum atomic E-state index is 0.149. The third-order valence-corrected chi connectivity index (χ3v) is 3.75. The lowest BCUT2D eigenvalue weighted by Gasteiger charge is -2.11. The van der Waals surface area contributed by atoms with Crippen LogP contribution in [0, 0.1) is 5.41 Å². The van der Waals surface area contributed by atoms with E-state index < -0.39 is 0 Å². The highest BCUT2D eigenvalue weighted by Crippen LogP contribution is 2.59. The third kappa shape index (κ3) is 1.80. The topological polar surface area (TPSA) is 35.2 Å². The summed E-state index contributed by atoms with van der Waals surface area (Å²) in [7, 11) is 0. The molecule has 88 valence electrons. The summed E-state index contributed by atoms with van der Waals surface area (Å²) < 4.78 is 5.62. The predicted molar refractivity (Wildman–Crippen MR) is 67.1 cm³/mol. The van der Waals surface area contributed by atoms with Gasteiger partial charge in [0.15, 0.2) is 0 Å². The van der Waals surface area contributed by atoms with Crippen molar-refractivity contribution in [2.24, 2.45) is 11.1 Å². The predicted octanol–water partition coefficient (Wildman–Crippen LogP) is 3.19. The second-order valence-electron chi connectivity index (χ2n) is 4.94. The highest BCUT2D eigenvalue weighted by Gasteiger charge is 2.57. The van der Waals surface area contributed by atoms with Gasteiger partial charge in [0.2, 0.25) is 0 Å². The van der Waals surface area contributed by atoms with Crippen LogP contribution in [-0.2, 0) is 0 Å². The van der Waals surface area contributed by atoms with Gasteiger partial charge in [-0.3, -0.25) is 0 Å². The monoisotopic (exact) mass is 239 g/mol. The molecule has 2 rings (SSSR count). The summed E-state index contributed by atoms with van der Waals surface area (Å²) >= 11 is 6.03. The van der Waals surface area contributed by atoms with E-state index in [2.05, 4.69) is 13.8 Å². The van der Waals surface area contributed by atoms with E-state index in [9.17, 15) is 0 Å². The first-order valence-corrected chi connectivity index (χ1v) is 6.04. The number of rotatable bonds is 3. The summed E-state index contributed by atoms with van der Waals surface area (Å²) in [5, 5.41) is 0.744. The second kappa shape index (κ2) is 3.94. The van der Waals surface area contributed by atoms with Crippen LogP contribution >= 0.6 is 11.6 Å². The van der Waals surface area contributed by atoms with Crippen LogP contribution in [0.1, 0.15) is 32.3 Å². The number of hydrogen-bond acceptors (Lipinski definition) is 2. The fourth-order valence-electron chi connectivity index (χ4n) is 2.32. The van der Waals surface area contributed by atoms with Crippen LogP contribution in [-0.4, -0.2) is 12.6 Å². The number of halogens is 1. The Morgan fingerprint density at radius 3 is 2.56 bits per heavy atom. The Bertz CT molecular complexity index is 403. The van der Waals surface area contributed by atoms with Crippen LogP contribution in [0.25, 0.3) is 0 Å². The van der Waals surface area contributed by atoms with E-state index in [1.807, 2.05) is 25.1 Å². The summed E-state index contributed by atoms with van der Waals surface area (Å²) in [6.45, 7) is 7.01. The molecule has 1 fully saturated rings. The summed E-state index contributed by atoms with van der Waals surface area (Å²) in [5.41, 5.74) is 7.39. The van der Waals surface area contributed by atoms with Crippen molar-refractivity contribution in [3.05, 3.63) is 28.8 Å². The maximum atomic E-state index is 6.09. The molecule has 1 aromatic rings. The Balaban J connectivity index is 2.36. The first-order valence-electron chi connectivity index (χ1n) is 5.66. The van der Waals surface area contributed by atoms with Gasteiger partial charge < -0.3 is 10.5 Å². The Morgan fingerprint density at radius 1 is 1.44 bits per heavy atom. The van der Waals surface area contributed by atoms with Gasteiger partial charge in [0.25, 0.3) is 0 Å². The maximum Gasteiger partial charge on any atom is 0.122 e. The average molecular weight is 240 g/mol. The molecular weight excluding hydrogens is 222 g/mol. The summed E-state index contributed by atoms with van der Waals surface area (Å²) in [4.78, 5) is 0. The van der Waals surface area contributed by atoms with Gasteiger partial charge in [0.05, 0.1) is 6.61 Å². The molecule has 0 aromatic heterocycles. The standard InChI is InChI=1S/C13H18ClNO/c1-4-16-10-6-5-8(14)7-9(10)11-12(15)13(11,2)3/h5-7,11-12H,4,15H2,1-3H3/t11-,12-/m1/s1. The fraction of sp³-hybridized carbons (Fsp3) is 0.538. The van der Waals surface area contributed by atoms with Gasteiger partial charge in [-0.25, -0.2) is 0 Å². The minimum absolute atomic E-state index is 0.149. The van der Waals surface area contributed by atoms with Gasteiger partial charge in [-0.1, -0.05) is 25.4 Å². The van der Waals surface area contributed by atoms with E-state index >= 15 is 0 Å².